The van der Waals surface area contributed by atoms with Crippen LogP contribution < -0.4 is 5.73 Å². The average molecular weight is 228 g/mol. The Hall–Kier alpha value is -0.940. The fraction of sp³-hybridized carbons (Fsp3) is 0.818. The van der Waals surface area contributed by atoms with Crippen LogP contribution >= 0.6 is 0 Å². The van der Waals surface area contributed by atoms with E-state index in [1.54, 1.807) is 7.11 Å². The molecule has 0 atom stereocenters. The molecule has 0 spiro atoms. The third-order valence-electron chi connectivity index (χ3n) is 3.42. The molecule has 0 aromatic rings. The van der Waals surface area contributed by atoms with Crippen LogP contribution in [0.15, 0.2) is 0 Å². The Morgan fingerprint density at radius 2 is 2.12 bits per heavy atom. The number of methoxy groups -OCH3 is 1. The Balaban J connectivity index is 2.49. The molecule has 0 aromatic carbocycles. The summed E-state index contributed by atoms with van der Waals surface area (Å²) in [5.41, 5.74) is 4.79. The third kappa shape index (κ3) is 3.02. The predicted molar refractivity (Wildman–Crippen MR) is 59.9 cm³/mol. The van der Waals surface area contributed by atoms with E-state index in [2.05, 4.69) is 4.90 Å². The quantitative estimate of drug-likeness (QED) is 0.638. The minimum absolute atomic E-state index is 0.250. The normalized spacial score (nSPS) is 20.6. The van der Waals surface area contributed by atoms with Gasteiger partial charge in [0.05, 0.1) is 12.0 Å². The van der Waals surface area contributed by atoms with E-state index in [-0.39, 0.29) is 12.3 Å². The molecule has 0 bridgehead atoms. The molecule has 1 saturated heterocycles. The van der Waals surface area contributed by atoms with Crippen molar-refractivity contribution < 1.29 is 14.3 Å². The van der Waals surface area contributed by atoms with E-state index in [1.165, 1.54) is 0 Å². The molecule has 1 aliphatic heterocycles. The van der Waals surface area contributed by atoms with Crippen LogP contribution in [0.2, 0.25) is 0 Å². The molecule has 1 aliphatic rings. The lowest BCUT2D eigenvalue weighted by molar-refractivity contribution is -0.133. The van der Waals surface area contributed by atoms with E-state index < -0.39 is 5.41 Å². The molecule has 1 heterocycles. The highest BCUT2D eigenvalue weighted by atomic mass is 16.5. The maximum Gasteiger partial charge on any atom is 0.224 e. The summed E-state index contributed by atoms with van der Waals surface area (Å²) in [5, 5.41) is 0. The molecule has 0 saturated carbocycles. The Bertz CT molecular complexity index is 248. The maximum atomic E-state index is 11.4. The molecule has 0 aliphatic carbocycles. The number of aldehydes is 1. The van der Waals surface area contributed by atoms with E-state index in [4.69, 9.17) is 10.5 Å². The van der Waals surface area contributed by atoms with Gasteiger partial charge < -0.3 is 20.2 Å². The molecule has 92 valence electrons. The molecule has 1 fully saturated rings. The first-order valence-corrected chi connectivity index (χ1v) is 5.59. The van der Waals surface area contributed by atoms with Crippen LogP contribution in [-0.2, 0) is 14.3 Å². The number of nitrogens with zero attached hydrogens (tertiary/aromatic N) is 1. The number of amides is 1. The average Bonchev–Trinajstić information content (AvgIpc) is 2.28. The lowest BCUT2D eigenvalue weighted by atomic mass is 9.75. The van der Waals surface area contributed by atoms with Crippen molar-refractivity contribution in [1.29, 1.82) is 0 Å². The first-order chi connectivity index (χ1) is 7.64. The van der Waals surface area contributed by atoms with Gasteiger partial charge in [0, 0.05) is 20.1 Å². The van der Waals surface area contributed by atoms with Gasteiger partial charge >= 0.3 is 0 Å². The van der Waals surface area contributed by atoms with Gasteiger partial charge in [-0.3, -0.25) is 4.79 Å². The number of carbonyl (C=O) groups is 2. The highest BCUT2D eigenvalue weighted by molar-refractivity contribution is 5.83. The molecule has 0 aromatic heterocycles. The molecule has 2 N–H and O–H groups in total. The molecule has 16 heavy (non-hydrogen) atoms. The van der Waals surface area contributed by atoms with Crippen molar-refractivity contribution in [3.8, 4) is 0 Å². The van der Waals surface area contributed by atoms with Gasteiger partial charge in [-0.25, -0.2) is 0 Å². The fourth-order valence-corrected chi connectivity index (χ4v) is 2.14. The minimum atomic E-state index is -0.606. The number of carbonyl (C=O) groups excluding carboxylic acids is 2. The fourth-order valence-electron chi connectivity index (χ4n) is 2.14. The van der Waals surface area contributed by atoms with E-state index in [9.17, 15) is 9.59 Å². The zero-order valence-electron chi connectivity index (χ0n) is 9.78. The smallest absolute Gasteiger partial charge is 0.224 e. The molecular weight excluding hydrogens is 208 g/mol. The van der Waals surface area contributed by atoms with Crippen molar-refractivity contribution in [3.05, 3.63) is 0 Å². The second-order valence-corrected chi connectivity index (χ2v) is 4.35. The number of primary amides is 1. The first kappa shape index (κ1) is 13.1. The summed E-state index contributed by atoms with van der Waals surface area (Å²) in [7, 11) is 1.67. The van der Waals surface area contributed by atoms with Crippen molar-refractivity contribution >= 4 is 12.2 Å². The lowest BCUT2D eigenvalue weighted by Crippen LogP contribution is -2.48. The number of hydrogen-bond acceptors (Lipinski definition) is 4. The van der Waals surface area contributed by atoms with Gasteiger partial charge in [-0.1, -0.05) is 0 Å². The summed E-state index contributed by atoms with van der Waals surface area (Å²) >= 11 is 0. The Labute approximate surface area is 95.9 Å². The van der Waals surface area contributed by atoms with E-state index in [0.717, 1.165) is 25.9 Å². The summed E-state index contributed by atoms with van der Waals surface area (Å²) in [6, 6.07) is 0. The predicted octanol–water partition coefficient (Wildman–Crippen LogP) is -0.211. The number of likely N-dealkylation sites (tertiary alicyclic amines) is 1. The molecule has 5 heteroatoms. The lowest BCUT2D eigenvalue weighted by Gasteiger charge is -2.38. The van der Waals surface area contributed by atoms with Gasteiger partial charge in [-0.2, -0.15) is 0 Å². The number of hydrogen-bond donors (Lipinski definition) is 1. The minimum Gasteiger partial charge on any atom is -0.383 e. The van der Waals surface area contributed by atoms with Crippen molar-refractivity contribution in [1.82, 2.24) is 4.90 Å². The van der Waals surface area contributed by atoms with Gasteiger partial charge in [0.1, 0.15) is 6.29 Å². The van der Waals surface area contributed by atoms with Crippen LogP contribution in [0, 0.1) is 5.41 Å². The van der Waals surface area contributed by atoms with Crippen LogP contribution in [-0.4, -0.2) is 50.4 Å². The van der Waals surface area contributed by atoms with Gasteiger partial charge in [0.15, 0.2) is 0 Å². The van der Waals surface area contributed by atoms with Crippen LogP contribution in [0.3, 0.4) is 0 Å². The molecule has 0 unspecified atom stereocenters. The number of rotatable bonds is 6. The summed E-state index contributed by atoms with van der Waals surface area (Å²) < 4.78 is 5.00. The summed E-state index contributed by atoms with van der Waals surface area (Å²) in [6.07, 6.45) is 2.39. The highest BCUT2D eigenvalue weighted by Gasteiger charge is 2.39. The topological polar surface area (TPSA) is 72.6 Å². The Kier molecular flexibility index (Phi) is 4.89. The molecule has 5 nitrogen and oxygen atoms in total. The highest BCUT2D eigenvalue weighted by Crippen LogP contribution is 2.33. The molecule has 1 rings (SSSR count). The maximum absolute atomic E-state index is 11.4. The number of piperidine rings is 1. The second-order valence-electron chi connectivity index (χ2n) is 4.35. The van der Waals surface area contributed by atoms with Crippen LogP contribution in [0.4, 0.5) is 0 Å². The van der Waals surface area contributed by atoms with Crippen molar-refractivity contribution in [2.45, 2.75) is 19.3 Å². The van der Waals surface area contributed by atoms with Gasteiger partial charge in [-0.05, 0) is 25.9 Å². The SMILES string of the molecule is COCCN1CCC(CC=O)(C(N)=O)CC1. The molecule has 0 radical (unpaired) electrons. The zero-order chi connectivity index (χ0) is 12.0. The number of nitrogens with two attached hydrogens (primary N) is 1. The van der Waals surface area contributed by atoms with E-state index in [1.807, 2.05) is 0 Å². The number of ether oxygens (including phenoxy) is 1. The molecular formula is C11H20N2O3. The van der Waals surface area contributed by atoms with Crippen molar-refractivity contribution in [2.75, 3.05) is 33.4 Å². The summed E-state index contributed by atoms with van der Waals surface area (Å²) in [4.78, 5) is 24.2. The molecule has 1 amide bonds. The van der Waals surface area contributed by atoms with Gasteiger partial charge in [0.2, 0.25) is 5.91 Å². The van der Waals surface area contributed by atoms with Gasteiger partial charge in [0.25, 0.3) is 0 Å². The van der Waals surface area contributed by atoms with E-state index >= 15 is 0 Å². The standard InChI is InChI=1S/C11H20N2O3/c1-16-9-7-13-5-2-11(3-6-13,4-8-14)10(12)15/h8H,2-7,9H2,1H3,(H2,12,15). The van der Waals surface area contributed by atoms with Gasteiger partial charge in [-0.15, -0.1) is 0 Å². The first-order valence-electron chi connectivity index (χ1n) is 5.59. The van der Waals surface area contributed by atoms with Crippen molar-refractivity contribution in [3.63, 3.8) is 0 Å². The zero-order valence-corrected chi connectivity index (χ0v) is 9.78. The summed E-state index contributed by atoms with van der Waals surface area (Å²) in [6.45, 7) is 3.17. The van der Waals surface area contributed by atoms with Crippen LogP contribution in [0.5, 0.6) is 0 Å². The Morgan fingerprint density at radius 3 is 2.56 bits per heavy atom. The van der Waals surface area contributed by atoms with E-state index in [0.29, 0.717) is 19.4 Å². The van der Waals surface area contributed by atoms with Crippen LogP contribution in [0.25, 0.3) is 0 Å². The monoisotopic (exact) mass is 228 g/mol. The second kappa shape index (κ2) is 5.96. The van der Waals surface area contributed by atoms with Crippen LogP contribution in [0.1, 0.15) is 19.3 Å². The summed E-state index contributed by atoms with van der Waals surface area (Å²) in [5.74, 6) is -0.342. The third-order valence-corrected chi connectivity index (χ3v) is 3.42. The largest absolute Gasteiger partial charge is 0.383 e. The Morgan fingerprint density at radius 1 is 1.50 bits per heavy atom. The van der Waals surface area contributed by atoms with Crippen molar-refractivity contribution in [2.24, 2.45) is 11.1 Å².